The van der Waals surface area contributed by atoms with Crippen LogP contribution >= 0.6 is 0 Å². The molecule has 0 aliphatic heterocycles. The van der Waals surface area contributed by atoms with Crippen molar-refractivity contribution in [1.82, 2.24) is 0 Å². The first-order valence-corrected chi connectivity index (χ1v) is 6.45. The molecule has 2 saturated carbocycles. The fourth-order valence-electron chi connectivity index (χ4n) is 3.00. The molecule has 0 radical (unpaired) electrons. The highest BCUT2D eigenvalue weighted by Gasteiger charge is 2.25. The van der Waals surface area contributed by atoms with Crippen LogP contribution in [0.1, 0.15) is 67.1 Å². The Labute approximate surface area is 92.7 Å². The lowest BCUT2D eigenvalue weighted by Crippen LogP contribution is -2.15. The van der Waals surface area contributed by atoms with Gasteiger partial charge in [0, 0.05) is 0 Å². The average molecular weight is 200 g/mol. The van der Waals surface area contributed by atoms with Crippen LogP contribution in [-0.2, 0) is 0 Å². The lowest BCUT2D eigenvalue weighted by Gasteiger charge is -2.32. The zero-order valence-corrected chi connectivity index (χ0v) is 9.63. The molecule has 15 heavy (non-hydrogen) atoms. The molecule has 0 bridgehead atoms. The maximum atomic E-state index is 2.36. The summed E-state index contributed by atoms with van der Waals surface area (Å²) < 4.78 is 0. The van der Waals surface area contributed by atoms with Gasteiger partial charge in [-0.25, -0.2) is 0 Å². The molecule has 0 unspecified atom stereocenters. The van der Waals surface area contributed by atoms with Crippen LogP contribution in [0.15, 0.2) is 18.2 Å². The van der Waals surface area contributed by atoms with Gasteiger partial charge in [0.2, 0.25) is 0 Å². The fraction of sp³-hybridized carbons (Fsp3) is 0.600. The summed E-state index contributed by atoms with van der Waals surface area (Å²) in [5.41, 5.74) is 4.93. The second-order valence-corrected chi connectivity index (χ2v) is 5.32. The Hall–Kier alpha value is -0.780. The van der Waals surface area contributed by atoms with E-state index in [1.54, 1.807) is 16.7 Å². The van der Waals surface area contributed by atoms with Gasteiger partial charge >= 0.3 is 0 Å². The Morgan fingerprint density at radius 3 is 1.67 bits per heavy atom. The normalized spacial score (nSPS) is 22.2. The molecule has 0 spiro atoms. The topological polar surface area (TPSA) is 0 Å². The predicted molar refractivity (Wildman–Crippen MR) is 64.4 cm³/mol. The van der Waals surface area contributed by atoms with Crippen molar-refractivity contribution in [2.24, 2.45) is 0 Å². The van der Waals surface area contributed by atoms with Crippen molar-refractivity contribution in [3.8, 4) is 0 Å². The minimum Gasteiger partial charge on any atom is -0.0617 e. The maximum absolute atomic E-state index is 2.36. The summed E-state index contributed by atoms with van der Waals surface area (Å²) in [7, 11) is 0. The first kappa shape index (κ1) is 9.45. The third-order valence-electron chi connectivity index (χ3n) is 4.51. The summed E-state index contributed by atoms with van der Waals surface area (Å²) >= 11 is 0. The highest BCUT2D eigenvalue weighted by Crippen LogP contribution is 2.43. The van der Waals surface area contributed by atoms with E-state index in [2.05, 4.69) is 25.1 Å². The van der Waals surface area contributed by atoms with E-state index in [9.17, 15) is 0 Å². The number of hydrogen-bond donors (Lipinski definition) is 0. The number of rotatable bonds is 2. The highest BCUT2D eigenvalue weighted by atomic mass is 14.3. The van der Waals surface area contributed by atoms with Crippen molar-refractivity contribution in [2.75, 3.05) is 0 Å². The van der Waals surface area contributed by atoms with Gasteiger partial charge in [-0.1, -0.05) is 31.0 Å². The Kier molecular flexibility index (Phi) is 2.31. The Bertz CT molecular complexity index is 324. The van der Waals surface area contributed by atoms with Gasteiger partial charge in [0.05, 0.1) is 0 Å². The van der Waals surface area contributed by atoms with Gasteiger partial charge in [-0.15, -0.1) is 0 Å². The standard InChI is InChI=1S/C15H20/c1-11-14(12-5-2-6-12)9-4-10-15(11)13-7-3-8-13/h4,9-10,12-13H,2-3,5-8H2,1H3. The molecule has 0 atom stereocenters. The Morgan fingerprint density at radius 2 is 1.33 bits per heavy atom. The molecule has 1 aromatic carbocycles. The monoisotopic (exact) mass is 200 g/mol. The zero-order chi connectivity index (χ0) is 10.3. The molecule has 2 aliphatic rings. The molecular formula is C15H20. The van der Waals surface area contributed by atoms with Gasteiger partial charge in [-0.2, -0.15) is 0 Å². The molecule has 0 amide bonds. The van der Waals surface area contributed by atoms with Crippen molar-refractivity contribution >= 4 is 0 Å². The SMILES string of the molecule is Cc1c(C2CCC2)cccc1C1CCC1. The third-order valence-corrected chi connectivity index (χ3v) is 4.51. The molecule has 2 aliphatic carbocycles. The Morgan fingerprint density at radius 1 is 0.867 bits per heavy atom. The van der Waals surface area contributed by atoms with Crippen LogP contribution in [0.2, 0.25) is 0 Å². The van der Waals surface area contributed by atoms with Gasteiger partial charge in [0.1, 0.15) is 0 Å². The minimum atomic E-state index is 0.894. The van der Waals surface area contributed by atoms with E-state index in [1.165, 1.54) is 38.5 Å². The summed E-state index contributed by atoms with van der Waals surface area (Å²) in [6, 6.07) is 7.01. The van der Waals surface area contributed by atoms with E-state index in [4.69, 9.17) is 0 Å². The molecule has 80 valence electrons. The molecule has 3 rings (SSSR count). The van der Waals surface area contributed by atoms with Gasteiger partial charge in [-0.3, -0.25) is 0 Å². The predicted octanol–water partition coefficient (Wildman–Crippen LogP) is 4.53. The molecule has 2 fully saturated rings. The molecule has 0 N–H and O–H groups in total. The lowest BCUT2D eigenvalue weighted by molar-refractivity contribution is 0.406. The van der Waals surface area contributed by atoms with Crippen LogP contribution in [0.25, 0.3) is 0 Å². The number of hydrogen-bond acceptors (Lipinski definition) is 0. The largest absolute Gasteiger partial charge is 0.0617 e. The van der Waals surface area contributed by atoms with Crippen molar-refractivity contribution in [3.05, 3.63) is 34.9 Å². The lowest BCUT2D eigenvalue weighted by atomic mass is 9.73. The number of benzene rings is 1. The Balaban J connectivity index is 1.93. The summed E-state index contributed by atoms with van der Waals surface area (Å²) in [5.74, 6) is 1.79. The summed E-state index contributed by atoms with van der Waals surface area (Å²) in [6.45, 7) is 2.35. The van der Waals surface area contributed by atoms with E-state index in [0.717, 1.165) is 11.8 Å². The van der Waals surface area contributed by atoms with E-state index < -0.39 is 0 Å². The van der Waals surface area contributed by atoms with Crippen LogP contribution in [0.3, 0.4) is 0 Å². The van der Waals surface area contributed by atoms with Crippen LogP contribution in [0.5, 0.6) is 0 Å². The van der Waals surface area contributed by atoms with Gasteiger partial charge in [-0.05, 0) is 61.1 Å². The molecule has 0 heteroatoms. The van der Waals surface area contributed by atoms with E-state index >= 15 is 0 Å². The van der Waals surface area contributed by atoms with Crippen molar-refractivity contribution < 1.29 is 0 Å². The minimum absolute atomic E-state index is 0.894. The van der Waals surface area contributed by atoms with E-state index in [1.807, 2.05) is 0 Å². The zero-order valence-electron chi connectivity index (χ0n) is 9.63. The maximum Gasteiger partial charge on any atom is -0.0159 e. The first-order chi connectivity index (χ1) is 7.36. The van der Waals surface area contributed by atoms with Crippen molar-refractivity contribution in [2.45, 2.75) is 57.3 Å². The first-order valence-electron chi connectivity index (χ1n) is 6.45. The quantitative estimate of drug-likeness (QED) is 0.658. The van der Waals surface area contributed by atoms with Gasteiger partial charge in [0.25, 0.3) is 0 Å². The van der Waals surface area contributed by atoms with E-state index in [0.29, 0.717) is 0 Å². The van der Waals surface area contributed by atoms with Crippen LogP contribution < -0.4 is 0 Å². The summed E-state index contributed by atoms with van der Waals surface area (Å²) in [6.07, 6.45) is 8.59. The average Bonchev–Trinajstić information content (AvgIpc) is 2.05. The second-order valence-electron chi connectivity index (χ2n) is 5.32. The molecule has 0 nitrogen and oxygen atoms in total. The van der Waals surface area contributed by atoms with Crippen molar-refractivity contribution in [1.29, 1.82) is 0 Å². The highest BCUT2D eigenvalue weighted by molar-refractivity contribution is 5.40. The molecule has 0 heterocycles. The van der Waals surface area contributed by atoms with Crippen LogP contribution in [0.4, 0.5) is 0 Å². The third kappa shape index (κ3) is 1.51. The van der Waals surface area contributed by atoms with Crippen LogP contribution in [0, 0.1) is 6.92 Å². The van der Waals surface area contributed by atoms with Gasteiger partial charge < -0.3 is 0 Å². The second kappa shape index (κ2) is 3.66. The molecular weight excluding hydrogens is 180 g/mol. The fourth-order valence-corrected chi connectivity index (χ4v) is 3.00. The molecule has 0 aromatic heterocycles. The van der Waals surface area contributed by atoms with Gasteiger partial charge in [0.15, 0.2) is 0 Å². The molecule has 0 saturated heterocycles. The molecule has 1 aromatic rings. The summed E-state index contributed by atoms with van der Waals surface area (Å²) in [4.78, 5) is 0. The smallest absolute Gasteiger partial charge is 0.0159 e. The van der Waals surface area contributed by atoms with Crippen molar-refractivity contribution in [3.63, 3.8) is 0 Å². The van der Waals surface area contributed by atoms with E-state index in [-0.39, 0.29) is 0 Å². The summed E-state index contributed by atoms with van der Waals surface area (Å²) in [5, 5.41) is 0. The van der Waals surface area contributed by atoms with Crippen LogP contribution in [-0.4, -0.2) is 0 Å².